The molecule has 0 radical (unpaired) electrons. The van der Waals surface area contributed by atoms with Gasteiger partial charge in [0.25, 0.3) is 0 Å². The molecule has 102 valence electrons. The lowest BCUT2D eigenvalue weighted by atomic mass is 10.0. The first-order valence-electron chi connectivity index (χ1n) is 5.89. The van der Waals surface area contributed by atoms with E-state index >= 15 is 0 Å². The molecule has 0 aliphatic heterocycles. The van der Waals surface area contributed by atoms with Crippen molar-refractivity contribution in [3.05, 3.63) is 29.8 Å². The van der Waals surface area contributed by atoms with Crippen molar-refractivity contribution in [2.24, 2.45) is 0 Å². The fraction of sp³-hybridized carbons (Fsp3) is 0.538. The predicted molar refractivity (Wildman–Crippen MR) is 75.3 cm³/mol. The Morgan fingerprint density at radius 1 is 1.33 bits per heavy atom. The largest absolute Gasteiger partial charge is 0.243 e. The minimum absolute atomic E-state index is 0.296. The van der Waals surface area contributed by atoms with Crippen LogP contribution in [-0.4, -0.2) is 25.3 Å². The van der Waals surface area contributed by atoms with E-state index in [9.17, 15) is 8.42 Å². The summed E-state index contributed by atoms with van der Waals surface area (Å²) in [6.45, 7) is 5.80. The topological polar surface area (TPSA) is 37.4 Å². The van der Waals surface area contributed by atoms with E-state index in [4.69, 9.17) is 11.6 Å². The number of halogens is 1. The second-order valence-electron chi connectivity index (χ2n) is 4.92. The van der Waals surface area contributed by atoms with Gasteiger partial charge in [0, 0.05) is 18.5 Å². The molecule has 1 rings (SSSR count). The quantitative estimate of drug-likeness (QED) is 0.781. The molecule has 0 saturated carbocycles. The molecule has 0 aliphatic carbocycles. The van der Waals surface area contributed by atoms with Crippen molar-refractivity contribution in [1.82, 2.24) is 4.31 Å². The molecule has 0 amide bonds. The van der Waals surface area contributed by atoms with Crippen molar-refractivity contribution in [1.29, 1.82) is 0 Å². The molecule has 0 saturated heterocycles. The maximum atomic E-state index is 12.5. The molecule has 0 fully saturated rings. The molecule has 0 N–H and O–H groups in total. The van der Waals surface area contributed by atoms with Gasteiger partial charge in [-0.05, 0) is 38.0 Å². The highest BCUT2D eigenvalue weighted by molar-refractivity contribution is 7.89. The van der Waals surface area contributed by atoms with Crippen LogP contribution in [0.4, 0.5) is 0 Å². The summed E-state index contributed by atoms with van der Waals surface area (Å²) in [7, 11) is -1.85. The van der Waals surface area contributed by atoms with Gasteiger partial charge in [0.1, 0.15) is 0 Å². The van der Waals surface area contributed by atoms with Crippen molar-refractivity contribution in [3.63, 3.8) is 0 Å². The standard InChI is InChI=1S/C13H20ClNO2S/c1-5-13(2,3)15(4)18(16,17)12-8-6-7-11(9-12)10-14/h6-9H,5,10H2,1-4H3. The fourth-order valence-corrected chi connectivity index (χ4v) is 3.31. The molecule has 0 heterocycles. The van der Waals surface area contributed by atoms with Crippen LogP contribution >= 0.6 is 11.6 Å². The maximum absolute atomic E-state index is 12.5. The van der Waals surface area contributed by atoms with Crippen LogP contribution in [0.1, 0.15) is 32.8 Å². The Morgan fingerprint density at radius 3 is 2.44 bits per heavy atom. The average molecular weight is 290 g/mol. The summed E-state index contributed by atoms with van der Waals surface area (Å²) in [5, 5.41) is 0. The first kappa shape index (κ1) is 15.5. The zero-order chi connectivity index (χ0) is 14.0. The number of nitrogens with zero attached hydrogens (tertiary/aromatic N) is 1. The highest BCUT2D eigenvalue weighted by Crippen LogP contribution is 2.25. The Morgan fingerprint density at radius 2 is 1.94 bits per heavy atom. The number of alkyl halides is 1. The SMILES string of the molecule is CCC(C)(C)N(C)S(=O)(=O)c1cccc(CCl)c1. The van der Waals surface area contributed by atoms with Gasteiger partial charge < -0.3 is 0 Å². The van der Waals surface area contributed by atoms with Crippen molar-refractivity contribution >= 4 is 21.6 Å². The summed E-state index contributed by atoms with van der Waals surface area (Å²) in [5.74, 6) is 0.310. The molecular weight excluding hydrogens is 270 g/mol. The second-order valence-corrected chi connectivity index (χ2v) is 7.16. The summed E-state index contributed by atoms with van der Waals surface area (Å²) >= 11 is 5.74. The Hall–Kier alpha value is -0.580. The van der Waals surface area contributed by atoms with Crippen LogP contribution in [0.15, 0.2) is 29.2 Å². The summed E-state index contributed by atoms with van der Waals surface area (Å²) in [5.41, 5.74) is 0.399. The van der Waals surface area contributed by atoms with Crippen LogP contribution in [0.3, 0.4) is 0 Å². The van der Waals surface area contributed by atoms with Gasteiger partial charge in [-0.1, -0.05) is 19.1 Å². The molecule has 0 aliphatic rings. The van der Waals surface area contributed by atoms with E-state index in [0.717, 1.165) is 12.0 Å². The fourth-order valence-electron chi connectivity index (χ4n) is 1.50. The smallest absolute Gasteiger partial charge is 0.207 e. The third-order valence-corrected chi connectivity index (χ3v) is 5.80. The van der Waals surface area contributed by atoms with Crippen molar-refractivity contribution in [2.45, 2.75) is 43.5 Å². The normalized spacial score (nSPS) is 13.0. The van der Waals surface area contributed by atoms with Crippen LogP contribution in [-0.2, 0) is 15.9 Å². The molecule has 18 heavy (non-hydrogen) atoms. The van der Waals surface area contributed by atoms with Gasteiger partial charge in [0.15, 0.2) is 0 Å². The lowest BCUT2D eigenvalue weighted by Crippen LogP contribution is -2.44. The van der Waals surface area contributed by atoms with E-state index in [1.54, 1.807) is 25.2 Å². The highest BCUT2D eigenvalue weighted by Gasteiger charge is 2.32. The number of hydrogen-bond acceptors (Lipinski definition) is 2. The van der Waals surface area contributed by atoms with Gasteiger partial charge in [-0.2, -0.15) is 4.31 Å². The van der Waals surface area contributed by atoms with E-state index in [1.807, 2.05) is 26.8 Å². The van der Waals surface area contributed by atoms with E-state index in [0.29, 0.717) is 10.8 Å². The Kier molecular flexibility index (Phi) is 4.81. The molecular formula is C13H20ClNO2S. The highest BCUT2D eigenvalue weighted by atomic mass is 35.5. The van der Waals surface area contributed by atoms with Crippen LogP contribution < -0.4 is 0 Å². The van der Waals surface area contributed by atoms with E-state index in [-0.39, 0.29) is 0 Å². The van der Waals surface area contributed by atoms with Crippen molar-refractivity contribution in [3.8, 4) is 0 Å². The van der Waals surface area contributed by atoms with Gasteiger partial charge in [-0.25, -0.2) is 8.42 Å². The Bertz CT molecular complexity index is 511. The molecule has 0 unspecified atom stereocenters. The number of benzene rings is 1. The van der Waals surface area contributed by atoms with Gasteiger partial charge in [0.05, 0.1) is 4.90 Å². The minimum Gasteiger partial charge on any atom is -0.207 e. The average Bonchev–Trinajstić information content (AvgIpc) is 2.37. The van der Waals surface area contributed by atoms with Crippen molar-refractivity contribution < 1.29 is 8.42 Å². The molecule has 0 spiro atoms. The van der Waals surface area contributed by atoms with Gasteiger partial charge >= 0.3 is 0 Å². The summed E-state index contributed by atoms with van der Waals surface area (Å²) in [4.78, 5) is 0.296. The number of hydrogen-bond donors (Lipinski definition) is 0. The summed E-state index contributed by atoms with van der Waals surface area (Å²) in [6.07, 6.45) is 0.748. The molecule has 3 nitrogen and oxygen atoms in total. The predicted octanol–water partition coefficient (Wildman–Crippen LogP) is 3.23. The number of rotatable bonds is 5. The molecule has 0 aromatic heterocycles. The first-order chi connectivity index (χ1) is 8.25. The summed E-state index contributed by atoms with van der Waals surface area (Å²) < 4.78 is 26.4. The zero-order valence-electron chi connectivity index (χ0n) is 11.3. The zero-order valence-corrected chi connectivity index (χ0v) is 12.8. The third-order valence-electron chi connectivity index (χ3n) is 3.43. The lowest BCUT2D eigenvalue weighted by Gasteiger charge is -2.33. The summed E-state index contributed by atoms with van der Waals surface area (Å²) in [6, 6.07) is 6.77. The van der Waals surface area contributed by atoms with Crippen LogP contribution in [0.2, 0.25) is 0 Å². The van der Waals surface area contributed by atoms with Gasteiger partial charge in [-0.3, -0.25) is 0 Å². The minimum atomic E-state index is -3.47. The maximum Gasteiger partial charge on any atom is 0.243 e. The third kappa shape index (κ3) is 3.05. The first-order valence-corrected chi connectivity index (χ1v) is 7.87. The van der Waals surface area contributed by atoms with E-state index < -0.39 is 15.6 Å². The Labute approximate surface area is 115 Å². The monoisotopic (exact) mass is 289 g/mol. The second kappa shape index (κ2) is 5.59. The lowest BCUT2D eigenvalue weighted by molar-refractivity contribution is 0.257. The van der Waals surface area contributed by atoms with Crippen LogP contribution in [0, 0.1) is 0 Å². The Balaban J connectivity index is 3.21. The van der Waals surface area contributed by atoms with Crippen LogP contribution in [0.5, 0.6) is 0 Å². The molecule has 1 aromatic carbocycles. The molecule has 1 aromatic rings. The van der Waals surface area contributed by atoms with E-state index in [1.165, 1.54) is 4.31 Å². The molecule has 5 heteroatoms. The van der Waals surface area contributed by atoms with Gasteiger partial charge in [0.2, 0.25) is 10.0 Å². The number of sulfonamides is 1. The van der Waals surface area contributed by atoms with Gasteiger partial charge in [-0.15, -0.1) is 11.6 Å². The van der Waals surface area contributed by atoms with E-state index in [2.05, 4.69) is 0 Å². The van der Waals surface area contributed by atoms with Crippen molar-refractivity contribution in [2.75, 3.05) is 7.05 Å². The van der Waals surface area contributed by atoms with Crippen LogP contribution in [0.25, 0.3) is 0 Å². The molecule has 0 atom stereocenters. The molecule has 0 bridgehead atoms.